The van der Waals surface area contributed by atoms with Crippen LogP contribution in [0.1, 0.15) is 25.0 Å². The Morgan fingerprint density at radius 3 is 2.35 bits per heavy atom. The summed E-state index contributed by atoms with van der Waals surface area (Å²) in [5.41, 5.74) is 0.971. The van der Waals surface area contributed by atoms with Gasteiger partial charge < -0.3 is 9.53 Å². The molecule has 17 heavy (non-hydrogen) atoms. The molecule has 0 fully saturated rings. The number of rotatable bonds is 5. The molecule has 1 aromatic rings. The fourth-order valence-corrected chi connectivity index (χ4v) is 3.65. The number of hydrogen-bond acceptors (Lipinski definition) is 2. The third kappa shape index (κ3) is 4.69. The maximum absolute atomic E-state index is 10.4. The van der Waals surface area contributed by atoms with Gasteiger partial charge in [0.1, 0.15) is 6.10 Å². The van der Waals surface area contributed by atoms with Gasteiger partial charge in [-0.05, 0) is 60.3 Å². The van der Waals surface area contributed by atoms with Gasteiger partial charge >= 0.3 is 0 Å². The molecule has 0 radical (unpaired) electrons. The summed E-state index contributed by atoms with van der Waals surface area (Å²) in [5, 5.41) is 10.4. The molecule has 0 aromatic heterocycles. The Kier molecular flexibility index (Phi) is 5.62. The molecule has 0 aliphatic rings. The predicted molar refractivity (Wildman–Crippen MR) is 82.6 cm³/mol. The van der Waals surface area contributed by atoms with Gasteiger partial charge in [-0.25, -0.2) is 0 Å². The number of halogens is 1. The first-order valence-electron chi connectivity index (χ1n) is 5.95. The first kappa shape index (κ1) is 15.1. The minimum Gasteiger partial charge on any atom is -0.412 e. The quantitative estimate of drug-likeness (QED) is 0.633. The lowest BCUT2D eigenvalue weighted by atomic mass is 10.0. The average molecular weight is 364 g/mol. The molecule has 0 saturated carbocycles. The van der Waals surface area contributed by atoms with Crippen LogP contribution in [0.3, 0.4) is 0 Å². The molecule has 0 heterocycles. The molecule has 0 unspecified atom stereocenters. The highest BCUT2D eigenvalue weighted by atomic mass is 127. The maximum atomic E-state index is 10.4. The van der Waals surface area contributed by atoms with Crippen molar-refractivity contribution >= 4 is 30.9 Å². The van der Waals surface area contributed by atoms with Crippen molar-refractivity contribution in [2.75, 3.05) is 0 Å². The van der Waals surface area contributed by atoms with Crippen molar-refractivity contribution in [3.63, 3.8) is 0 Å². The normalized spacial score (nSPS) is 15.6. The van der Waals surface area contributed by atoms with Gasteiger partial charge in [0, 0.05) is 3.57 Å². The Hall–Kier alpha value is 0.0869. The van der Waals surface area contributed by atoms with Crippen LogP contribution in [0.2, 0.25) is 19.6 Å². The van der Waals surface area contributed by atoms with Gasteiger partial charge in [-0.3, -0.25) is 0 Å². The predicted octanol–water partition coefficient (Wildman–Crippen LogP) is 3.95. The van der Waals surface area contributed by atoms with Crippen molar-refractivity contribution in [1.29, 1.82) is 0 Å². The molecule has 0 saturated heterocycles. The van der Waals surface area contributed by atoms with E-state index in [1.807, 2.05) is 24.3 Å². The van der Waals surface area contributed by atoms with E-state index in [0.29, 0.717) is 0 Å². The summed E-state index contributed by atoms with van der Waals surface area (Å²) in [5.74, 6) is 0. The first-order valence-corrected chi connectivity index (χ1v) is 10.4. The second-order valence-corrected chi connectivity index (χ2v) is 10.8. The number of aliphatic hydroxyl groups excluding tert-OH is 1. The monoisotopic (exact) mass is 364 g/mol. The van der Waals surface area contributed by atoms with E-state index < -0.39 is 14.4 Å². The van der Waals surface area contributed by atoms with Crippen LogP contribution in [-0.2, 0) is 4.43 Å². The van der Waals surface area contributed by atoms with Gasteiger partial charge in [0.05, 0.1) is 6.10 Å². The highest BCUT2D eigenvalue weighted by Gasteiger charge is 2.27. The summed E-state index contributed by atoms with van der Waals surface area (Å²) in [7, 11) is -1.62. The van der Waals surface area contributed by atoms with E-state index in [0.717, 1.165) is 15.6 Å². The topological polar surface area (TPSA) is 29.5 Å². The summed E-state index contributed by atoms with van der Waals surface area (Å²) < 4.78 is 7.14. The summed E-state index contributed by atoms with van der Waals surface area (Å²) in [6, 6.07) is 7.93. The van der Waals surface area contributed by atoms with E-state index >= 15 is 0 Å². The van der Waals surface area contributed by atoms with Gasteiger partial charge in [0.2, 0.25) is 0 Å². The lowest BCUT2D eigenvalue weighted by molar-refractivity contribution is 0.0278. The summed E-state index contributed by atoms with van der Waals surface area (Å²) >= 11 is 2.26. The highest BCUT2D eigenvalue weighted by Crippen LogP contribution is 2.27. The van der Waals surface area contributed by atoms with E-state index in [9.17, 15) is 5.11 Å². The zero-order valence-corrected chi connectivity index (χ0v) is 14.1. The van der Waals surface area contributed by atoms with Crippen molar-refractivity contribution in [2.45, 2.75) is 45.2 Å². The van der Waals surface area contributed by atoms with Crippen molar-refractivity contribution in [2.24, 2.45) is 0 Å². The van der Waals surface area contributed by atoms with Crippen LogP contribution < -0.4 is 0 Å². The van der Waals surface area contributed by atoms with E-state index in [4.69, 9.17) is 4.43 Å². The molecule has 0 aliphatic carbocycles. The SMILES string of the molecule is CC[C@H](O[Si](C)(C)C)[C@@H](O)c1ccccc1I. The van der Waals surface area contributed by atoms with Crippen LogP contribution in [0.25, 0.3) is 0 Å². The van der Waals surface area contributed by atoms with Crippen LogP contribution in [0.4, 0.5) is 0 Å². The molecule has 1 aromatic carbocycles. The molecule has 2 nitrogen and oxygen atoms in total. The number of benzene rings is 1. The van der Waals surface area contributed by atoms with Gasteiger partial charge in [-0.2, -0.15) is 0 Å². The summed E-state index contributed by atoms with van der Waals surface area (Å²) in [4.78, 5) is 0. The Morgan fingerprint density at radius 1 is 1.29 bits per heavy atom. The van der Waals surface area contributed by atoms with Crippen LogP contribution in [0, 0.1) is 3.57 Å². The fourth-order valence-electron chi connectivity index (χ4n) is 1.74. The molecule has 2 atom stereocenters. The lowest BCUT2D eigenvalue weighted by Gasteiger charge is -2.29. The fraction of sp³-hybridized carbons (Fsp3) is 0.538. The van der Waals surface area contributed by atoms with Crippen LogP contribution in [-0.4, -0.2) is 19.5 Å². The third-order valence-electron chi connectivity index (χ3n) is 2.48. The molecule has 0 bridgehead atoms. The van der Waals surface area contributed by atoms with Gasteiger partial charge in [0.15, 0.2) is 8.32 Å². The molecule has 0 spiro atoms. The minimum atomic E-state index is -1.62. The second kappa shape index (κ2) is 6.31. The van der Waals surface area contributed by atoms with E-state index in [1.54, 1.807) is 0 Å². The Balaban J connectivity index is 2.87. The maximum Gasteiger partial charge on any atom is 0.184 e. The standard InChI is InChI=1S/C13H21IO2Si/c1-5-12(16-17(2,3)4)13(15)10-8-6-7-9-11(10)14/h6-9,12-13,15H,5H2,1-4H3/t12-,13-/m0/s1. The summed E-state index contributed by atoms with van der Waals surface area (Å²) in [6.45, 7) is 8.51. The van der Waals surface area contributed by atoms with Crippen molar-refractivity contribution < 1.29 is 9.53 Å². The smallest absolute Gasteiger partial charge is 0.184 e. The third-order valence-corrected chi connectivity index (χ3v) is 4.48. The summed E-state index contributed by atoms with van der Waals surface area (Å²) in [6.07, 6.45) is 0.202. The van der Waals surface area contributed by atoms with Crippen molar-refractivity contribution in [3.8, 4) is 0 Å². The van der Waals surface area contributed by atoms with E-state index in [1.165, 1.54) is 0 Å². The number of aliphatic hydroxyl groups is 1. The zero-order chi connectivity index (χ0) is 13.1. The minimum absolute atomic E-state index is 0.0995. The molecule has 4 heteroatoms. The van der Waals surface area contributed by atoms with E-state index in [2.05, 4.69) is 49.2 Å². The number of hydrogen-bond donors (Lipinski definition) is 1. The van der Waals surface area contributed by atoms with Crippen molar-refractivity contribution in [3.05, 3.63) is 33.4 Å². The van der Waals surface area contributed by atoms with Gasteiger partial charge in [0.25, 0.3) is 0 Å². The average Bonchev–Trinajstić information content (AvgIpc) is 2.24. The Labute approximate surface area is 119 Å². The lowest BCUT2D eigenvalue weighted by Crippen LogP contribution is -2.35. The first-order chi connectivity index (χ1) is 7.85. The van der Waals surface area contributed by atoms with Crippen LogP contribution in [0.5, 0.6) is 0 Å². The Morgan fingerprint density at radius 2 is 1.88 bits per heavy atom. The molecule has 0 amide bonds. The van der Waals surface area contributed by atoms with E-state index in [-0.39, 0.29) is 6.10 Å². The Bertz CT molecular complexity index is 363. The highest BCUT2D eigenvalue weighted by molar-refractivity contribution is 14.1. The van der Waals surface area contributed by atoms with Crippen LogP contribution in [0.15, 0.2) is 24.3 Å². The molecular weight excluding hydrogens is 343 g/mol. The molecule has 1 N–H and O–H groups in total. The van der Waals surface area contributed by atoms with Crippen LogP contribution >= 0.6 is 22.6 Å². The second-order valence-electron chi connectivity index (χ2n) is 5.14. The van der Waals surface area contributed by atoms with Gasteiger partial charge in [-0.15, -0.1) is 0 Å². The zero-order valence-electron chi connectivity index (χ0n) is 10.9. The van der Waals surface area contributed by atoms with Gasteiger partial charge in [-0.1, -0.05) is 25.1 Å². The molecule has 0 aliphatic heterocycles. The largest absolute Gasteiger partial charge is 0.412 e. The molecular formula is C13H21IO2Si. The molecule has 1 rings (SSSR count). The molecule has 96 valence electrons. The van der Waals surface area contributed by atoms with Crippen molar-refractivity contribution in [1.82, 2.24) is 0 Å².